The minimum Gasteiger partial charge on any atom is -0.294 e. The van der Waals surface area contributed by atoms with Gasteiger partial charge >= 0.3 is 0 Å². The lowest BCUT2D eigenvalue weighted by atomic mass is 9.99. The molecule has 110 valence electrons. The summed E-state index contributed by atoms with van der Waals surface area (Å²) in [6.07, 6.45) is 4.01. The summed E-state index contributed by atoms with van der Waals surface area (Å²) in [5, 5.41) is 0. The summed E-state index contributed by atoms with van der Waals surface area (Å²) >= 11 is 5.98. The highest BCUT2D eigenvalue weighted by Crippen LogP contribution is 2.24. The maximum atomic E-state index is 5.98. The number of nitrogens with zero attached hydrogens (tertiary/aromatic N) is 2. The van der Waals surface area contributed by atoms with Crippen LogP contribution in [0.25, 0.3) is 0 Å². The lowest BCUT2D eigenvalue weighted by molar-refractivity contribution is 0.220. The van der Waals surface area contributed by atoms with Crippen LogP contribution in [0.2, 0.25) is 0 Å². The van der Waals surface area contributed by atoms with Crippen molar-refractivity contribution in [1.82, 2.24) is 9.88 Å². The Hall–Kier alpha value is -1.38. The molecule has 1 aromatic carbocycles. The van der Waals surface area contributed by atoms with Crippen molar-refractivity contribution >= 4 is 11.6 Å². The second-order valence-electron chi connectivity index (χ2n) is 5.81. The number of fused-ring (bicyclic) bond motifs is 1. The Morgan fingerprint density at radius 2 is 2.00 bits per heavy atom. The van der Waals surface area contributed by atoms with Gasteiger partial charge in [-0.05, 0) is 36.0 Å². The zero-order valence-electron chi connectivity index (χ0n) is 12.2. The number of alkyl halides is 1. The molecular weight excluding hydrogens is 280 g/mol. The van der Waals surface area contributed by atoms with Gasteiger partial charge in [-0.3, -0.25) is 9.88 Å². The van der Waals surface area contributed by atoms with Crippen LogP contribution in [-0.2, 0) is 19.5 Å². The van der Waals surface area contributed by atoms with Crippen molar-refractivity contribution in [2.24, 2.45) is 5.92 Å². The molecule has 0 radical (unpaired) electrons. The smallest absolute Gasteiger partial charge is 0.0451 e. The molecule has 0 N–H and O–H groups in total. The number of hydrogen-bond acceptors (Lipinski definition) is 2. The summed E-state index contributed by atoms with van der Waals surface area (Å²) < 4.78 is 0. The van der Waals surface area contributed by atoms with Crippen molar-refractivity contribution in [2.45, 2.75) is 25.9 Å². The first-order chi connectivity index (χ1) is 10.3. The van der Waals surface area contributed by atoms with Crippen molar-refractivity contribution in [2.75, 3.05) is 12.4 Å². The first-order valence-electron chi connectivity index (χ1n) is 7.60. The first kappa shape index (κ1) is 14.6. The highest BCUT2D eigenvalue weighted by atomic mass is 35.5. The van der Waals surface area contributed by atoms with Gasteiger partial charge in [-0.1, -0.05) is 36.4 Å². The quantitative estimate of drug-likeness (QED) is 0.797. The lowest BCUT2D eigenvalue weighted by Gasteiger charge is -2.24. The van der Waals surface area contributed by atoms with Gasteiger partial charge in [0.1, 0.15) is 0 Å². The van der Waals surface area contributed by atoms with E-state index in [9.17, 15) is 0 Å². The molecule has 0 aliphatic carbocycles. The van der Waals surface area contributed by atoms with Crippen LogP contribution in [0.1, 0.15) is 23.2 Å². The van der Waals surface area contributed by atoms with Gasteiger partial charge in [-0.2, -0.15) is 0 Å². The number of pyridine rings is 1. The zero-order chi connectivity index (χ0) is 14.5. The maximum Gasteiger partial charge on any atom is 0.0451 e. The van der Waals surface area contributed by atoms with Crippen LogP contribution in [-0.4, -0.2) is 22.3 Å². The van der Waals surface area contributed by atoms with E-state index in [1.54, 1.807) is 0 Å². The predicted molar refractivity (Wildman–Crippen MR) is 87.3 cm³/mol. The van der Waals surface area contributed by atoms with Gasteiger partial charge in [0.25, 0.3) is 0 Å². The fourth-order valence-electron chi connectivity index (χ4n) is 3.12. The number of benzene rings is 1. The van der Waals surface area contributed by atoms with E-state index >= 15 is 0 Å². The molecule has 0 amide bonds. The van der Waals surface area contributed by atoms with Crippen LogP contribution in [0, 0.1) is 5.92 Å². The second kappa shape index (κ2) is 7.06. The van der Waals surface area contributed by atoms with Crippen molar-refractivity contribution in [3.63, 3.8) is 0 Å². The highest BCUT2D eigenvalue weighted by Gasteiger charge is 2.22. The van der Waals surface area contributed by atoms with E-state index < -0.39 is 0 Å². The Bertz CT molecular complexity index is 570. The monoisotopic (exact) mass is 300 g/mol. The third-order valence-electron chi connectivity index (χ3n) is 4.14. The van der Waals surface area contributed by atoms with Crippen LogP contribution >= 0.6 is 11.6 Å². The van der Waals surface area contributed by atoms with Gasteiger partial charge in [0.2, 0.25) is 0 Å². The molecule has 2 heterocycles. The predicted octanol–water partition coefficient (Wildman–Crippen LogP) is 3.89. The zero-order valence-corrected chi connectivity index (χ0v) is 13.0. The molecular formula is C18H21ClN2. The number of aromatic nitrogens is 1. The third kappa shape index (κ3) is 3.84. The van der Waals surface area contributed by atoms with Crippen molar-refractivity contribution < 1.29 is 0 Å². The molecule has 21 heavy (non-hydrogen) atoms. The summed E-state index contributed by atoms with van der Waals surface area (Å²) in [6.45, 7) is 3.07. The fourth-order valence-corrected chi connectivity index (χ4v) is 3.43. The summed E-state index contributed by atoms with van der Waals surface area (Å²) in [5.74, 6) is 1.33. The molecule has 1 atom stereocenters. The summed E-state index contributed by atoms with van der Waals surface area (Å²) in [4.78, 5) is 7.11. The number of hydrogen-bond donors (Lipinski definition) is 0. The van der Waals surface area contributed by atoms with E-state index in [1.807, 2.05) is 12.3 Å². The molecule has 3 rings (SSSR count). The van der Waals surface area contributed by atoms with E-state index in [1.165, 1.54) is 16.8 Å². The minimum atomic E-state index is 0.599. The summed E-state index contributed by atoms with van der Waals surface area (Å²) in [6, 6.07) is 14.9. The van der Waals surface area contributed by atoms with Gasteiger partial charge < -0.3 is 0 Å². The summed E-state index contributed by atoms with van der Waals surface area (Å²) in [5.41, 5.74) is 3.99. The van der Waals surface area contributed by atoms with Crippen LogP contribution in [0.5, 0.6) is 0 Å². The molecule has 0 spiro atoms. The van der Waals surface area contributed by atoms with Crippen molar-refractivity contribution in [1.29, 1.82) is 0 Å². The van der Waals surface area contributed by atoms with E-state index in [0.717, 1.165) is 38.4 Å². The van der Waals surface area contributed by atoms with E-state index in [2.05, 4.69) is 46.3 Å². The van der Waals surface area contributed by atoms with Crippen molar-refractivity contribution in [3.05, 3.63) is 65.5 Å². The van der Waals surface area contributed by atoms with Crippen LogP contribution in [0.15, 0.2) is 48.7 Å². The van der Waals surface area contributed by atoms with Crippen LogP contribution in [0.4, 0.5) is 0 Å². The molecule has 2 aromatic rings. The van der Waals surface area contributed by atoms with Gasteiger partial charge in [0.15, 0.2) is 0 Å². The van der Waals surface area contributed by atoms with Crippen molar-refractivity contribution in [3.8, 4) is 0 Å². The molecule has 0 bridgehead atoms. The average Bonchev–Trinajstić information content (AvgIpc) is 2.67. The number of halogens is 1. The topological polar surface area (TPSA) is 16.1 Å². The van der Waals surface area contributed by atoms with Gasteiger partial charge in [0, 0.05) is 37.4 Å². The Kier molecular flexibility index (Phi) is 4.89. The molecule has 1 unspecified atom stereocenters. The van der Waals surface area contributed by atoms with Crippen LogP contribution in [0.3, 0.4) is 0 Å². The fraction of sp³-hybridized carbons (Fsp3) is 0.389. The SMILES string of the molecule is ClCCC1Cc2ncccc2CN(Cc2ccccc2)C1. The van der Waals surface area contributed by atoms with E-state index in [4.69, 9.17) is 11.6 Å². The van der Waals surface area contributed by atoms with Gasteiger partial charge in [-0.25, -0.2) is 0 Å². The lowest BCUT2D eigenvalue weighted by Crippen LogP contribution is -2.27. The maximum absolute atomic E-state index is 5.98. The Labute approximate surface area is 131 Å². The molecule has 3 heteroatoms. The standard InChI is InChI=1S/C18H21ClN2/c19-9-8-16-11-18-17(7-4-10-20-18)14-21(13-16)12-15-5-2-1-3-6-15/h1-7,10,16H,8-9,11-14H2. The molecule has 1 aliphatic heterocycles. The Balaban J connectivity index is 1.80. The molecule has 0 saturated carbocycles. The average molecular weight is 301 g/mol. The van der Waals surface area contributed by atoms with E-state index in [0.29, 0.717) is 5.92 Å². The molecule has 2 nitrogen and oxygen atoms in total. The van der Waals surface area contributed by atoms with Crippen LogP contribution < -0.4 is 0 Å². The van der Waals surface area contributed by atoms with Gasteiger partial charge in [-0.15, -0.1) is 11.6 Å². The second-order valence-corrected chi connectivity index (χ2v) is 6.19. The molecule has 1 aromatic heterocycles. The highest BCUT2D eigenvalue weighted by molar-refractivity contribution is 6.17. The normalized spacial score (nSPS) is 19.0. The Morgan fingerprint density at radius 3 is 2.81 bits per heavy atom. The first-order valence-corrected chi connectivity index (χ1v) is 8.13. The van der Waals surface area contributed by atoms with Gasteiger partial charge in [0.05, 0.1) is 0 Å². The number of rotatable bonds is 4. The minimum absolute atomic E-state index is 0.599. The molecule has 0 fully saturated rings. The molecule has 0 saturated heterocycles. The molecule has 1 aliphatic rings. The largest absolute Gasteiger partial charge is 0.294 e. The van der Waals surface area contributed by atoms with E-state index in [-0.39, 0.29) is 0 Å². The Morgan fingerprint density at radius 1 is 1.14 bits per heavy atom. The third-order valence-corrected chi connectivity index (χ3v) is 4.36. The summed E-state index contributed by atoms with van der Waals surface area (Å²) in [7, 11) is 0.